The Kier molecular flexibility index (Phi) is 5.42. The van der Waals surface area contributed by atoms with Crippen LogP contribution in [0.5, 0.6) is 0 Å². The third-order valence-electron chi connectivity index (χ3n) is 3.27. The molecule has 2 N–H and O–H groups in total. The minimum atomic E-state index is 0.790. The highest BCUT2D eigenvalue weighted by molar-refractivity contribution is 7.09. The fourth-order valence-electron chi connectivity index (χ4n) is 2.33. The highest BCUT2D eigenvalue weighted by atomic mass is 32.1. The lowest BCUT2D eigenvalue weighted by Gasteiger charge is -2.11. The van der Waals surface area contributed by atoms with Crippen LogP contribution in [-0.2, 0) is 6.42 Å². The molecule has 0 aliphatic heterocycles. The van der Waals surface area contributed by atoms with Gasteiger partial charge in [0, 0.05) is 43.2 Å². The van der Waals surface area contributed by atoms with E-state index < -0.39 is 0 Å². The van der Waals surface area contributed by atoms with E-state index in [0.717, 1.165) is 37.8 Å². The maximum Gasteiger partial charge on any atom is 0.0940 e. The molecule has 1 aromatic heterocycles. The van der Waals surface area contributed by atoms with Gasteiger partial charge in [-0.05, 0) is 19.8 Å². The molecular formula is C13H23N3S. The zero-order valence-corrected chi connectivity index (χ0v) is 11.5. The Hall–Kier alpha value is -0.450. The molecule has 0 unspecified atom stereocenters. The highest BCUT2D eigenvalue weighted by Gasteiger charge is 2.12. The lowest BCUT2D eigenvalue weighted by atomic mass is 10.2. The maximum absolute atomic E-state index is 4.45. The molecule has 0 atom stereocenters. The van der Waals surface area contributed by atoms with Crippen LogP contribution in [0.25, 0.3) is 0 Å². The monoisotopic (exact) mass is 253 g/mol. The Bertz CT molecular complexity index is 318. The second-order valence-electron chi connectivity index (χ2n) is 4.82. The van der Waals surface area contributed by atoms with E-state index in [1.54, 1.807) is 11.3 Å². The molecule has 0 spiro atoms. The summed E-state index contributed by atoms with van der Waals surface area (Å²) in [6.07, 6.45) is 6.63. The molecule has 2 rings (SSSR count). The van der Waals surface area contributed by atoms with Crippen molar-refractivity contribution in [2.75, 3.05) is 19.6 Å². The number of rotatable bonds is 7. The molecule has 1 heterocycles. The van der Waals surface area contributed by atoms with Crippen LogP contribution in [0.2, 0.25) is 0 Å². The van der Waals surface area contributed by atoms with E-state index in [9.17, 15) is 0 Å². The van der Waals surface area contributed by atoms with Crippen LogP contribution in [0, 0.1) is 6.92 Å². The van der Waals surface area contributed by atoms with Crippen LogP contribution in [0.1, 0.15) is 36.4 Å². The van der Waals surface area contributed by atoms with Gasteiger partial charge < -0.3 is 10.6 Å². The molecule has 96 valence electrons. The molecule has 0 radical (unpaired) electrons. The molecule has 3 nitrogen and oxygen atoms in total. The van der Waals surface area contributed by atoms with E-state index >= 15 is 0 Å². The quantitative estimate of drug-likeness (QED) is 0.731. The second-order valence-corrected chi connectivity index (χ2v) is 5.76. The second kappa shape index (κ2) is 7.09. The van der Waals surface area contributed by atoms with Gasteiger partial charge in [0.15, 0.2) is 0 Å². The van der Waals surface area contributed by atoms with Gasteiger partial charge in [0.05, 0.1) is 5.01 Å². The number of hydrogen-bond acceptors (Lipinski definition) is 4. The van der Waals surface area contributed by atoms with Crippen LogP contribution in [0.15, 0.2) is 5.38 Å². The first-order chi connectivity index (χ1) is 8.34. The first-order valence-corrected chi connectivity index (χ1v) is 7.57. The smallest absolute Gasteiger partial charge is 0.0940 e. The molecule has 1 aromatic rings. The third kappa shape index (κ3) is 4.74. The molecule has 0 aromatic carbocycles. The summed E-state index contributed by atoms with van der Waals surface area (Å²) >= 11 is 1.77. The van der Waals surface area contributed by atoms with Crippen LogP contribution < -0.4 is 10.6 Å². The van der Waals surface area contributed by atoms with Crippen LogP contribution in [0.3, 0.4) is 0 Å². The first kappa shape index (κ1) is 13.0. The average Bonchev–Trinajstić information content (AvgIpc) is 2.95. The van der Waals surface area contributed by atoms with Crippen molar-refractivity contribution in [2.24, 2.45) is 0 Å². The van der Waals surface area contributed by atoms with Crippen molar-refractivity contribution in [1.82, 2.24) is 15.6 Å². The molecule has 0 amide bonds. The van der Waals surface area contributed by atoms with Crippen LogP contribution in [-0.4, -0.2) is 30.7 Å². The zero-order valence-electron chi connectivity index (χ0n) is 10.7. The molecule has 1 saturated carbocycles. The molecule has 0 saturated heterocycles. The first-order valence-electron chi connectivity index (χ1n) is 6.70. The molecule has 1 fully saturated rings. The summed E-state index contributed by atoms with van der Waals surface area (Å²) in [4.78, 5) is 4.45. The Labute approximate surface area is 108 Å². The predicted molar refractivity (Wildman–Crippen MR) is 73.7 cm³/mol. The minimum absolute atomic E-state index is 0.790. The van der Waals surface area contributed by atoms with Gasteiger partial charge in [-0.25, -0.2) is 4.98 Å². The number of aryl methyl sites for hydroxylation is 1. The SMILES string of the molecule is Cc1csc(CCNCCNC2CCCC2)n1. The van der Waals surface area contributed by atoms with Crippen LogP contribution >= 0.6 is 11.3 Å². The van der Waals surface area contributed by atoms with Crippen molar-refractivity contribution in [1.29, 1.82) is 0 Å². The van der Waals surface area contributed by atoms with E-state index in [1.807, 2.05) is 0 Å². The summed E-state index contributed by atoms with van der Waals surface area (Å²) in [7, 11) is 0. The van der Waals surface area contributed by atoms with Crippen molar-refractivity contribution >= 4 is 11.3 Å². The van der Waals surface area contributed by atoms with Crippen LogP contribution in [0.4, 0.5) is 0 Å². The lowest BCUT2D eigenvalue weighted by molar-refractivity contribution is 0.510. The van der Waals surface area contributed by atoms with Gasteiger partial charge in [-0.15, -0.1) is 11.3 Å². The molecule has 17 heavy (non-hydrogen) atoms. The summed E-state index contributed by atoms with van der Waals surface area (Å²) in [6.45, 7) is 5.26. The fourth-order valence-corrected chi connectivity index (χ4v) is 3.11. The van der Waals surface area contributed by atoms with Gasteiger partial charge in [0.1, 0.15) is 0 Å². The van der Waals surface area contributed by atoms with E-state index in [1.165, 1.54) is 30.7 Å². The topological polar surface area (TPSA) is 37.0 Å². The molecule has 0 bridgehead atoms. The third-order valence-corrected chi connectivity index (χ3v) is 4.30. The zero-order chi connectivity index (χ0) is 11.9. The Morgan fingerprint density at radius 3 is 2.82 bits per heavy atom. The van der Waals surface area contributed by atoms with E-state index in [4.69, 9.17) is 0 Å². The predicted octanol–water partition coefficient (Wildman–Crippen LogP) is 2.12. The molecule has 1 aliphatic rings. The number of nitrogens with zero attached hydrogens (tertiary/aromatic N) is 1. The number of aromatic nitrogens is 1. The average molecular weight is 253 g/mol. The number of nitrogens with one attached hydrogen (secondary N) is 2. The molecule has 1 aliphatic carbocycles. The van der Waals surface area contributed by atoms with Crippen molar-refractivity contribution in [3.63, 3.8) is 0 Å². The summed E-state index contributed by atoms with van der Waals surface area (Å²) in [5.41, 5.74) is 1.15. The largest absolute Gasteiger partial charge is 0.315 e. The fraction of sp³-hybridized carbons (Fsp3) is 0.769. The Morgan fingerprint density at radius 2 is 2.12 bits per heavy atom. The number of thiazole rings is 1. The van der Waals surface area contributed by atoms with Crippen molar-refractivity contribution < 1.29 is 0 Å². The summed E-state index contributed by atoms with van der Waals surface area (Å²) in [5, 5.41) is 10.5. The van der Waals surface area contributed by atoms with Gasteiger partial charge in [-0.2, -0.15) is 0 Å². The van der Waals surface area contributed by atoms with Gasteiger partial charge in [-0.1, -0.05) is 12.8 Å². The summed E-state index contributed by atoms with van der Waals surface area (Å²) in [5.74, 6) is 0. The van der Waals surface area contributed by atoms with Gasteiger partial charge >= 0.3 is 0 Å². The Balaban J connectivity index is 1.46. The minimum Gasteiger partial charge on any atom is -0.315 e. The number of hydrogen-bond donors (Lipinski definition) is 2. The van der Waals surface area contributed by atoms with Gasteiger partial charge in [0.2, 0.25) is 0 Å². The standard InChI is InChI=1S/C13H23N3S/c1-11-10-17-13(16-11)6-7-14-8-9-15-12-4-2-3-5-12/h10,12,14-15H,2-9H2,1H3. The summed E-state index contributed by atoms with van der Waals surface area (Å²) in [6, 6.07) is 0.790. The molecule has 4 heteroatoms. The lowest BCUT2D eigenvalue weighted by Crippen LogP contribution is -2.34. The van der Waals surface area contributed by atoms with Crippen molar-refractivity contribution in [3.05, 3.63) is 16.1 Å². The Morgan fingerprint density at radius 1 is 1.29 bits per heavy atom. The van der Waals surface area contributed by atoms with Crippen molar-refractivity contribution in [2.45, 2.75) is 45.1 Å². The van der Waals surface area contributed by atoms with Crippen molar-refractivity contribution in [3.8, 4) is 0 Å². The van der Waals surface area contributed by atoms with E-state index in [0.29, 0.717) is 0 Å². The van der Waals surface area contributed by atoms with Gasteiger partial charge in [0.25, 0.3) is 0 Å². The maximum atomic E-state index is 4.45. The van der Waals surface area contributed by atoms with Gasteiger partial charge in [-0.3, -0.25) is 0 Å². The normalized spacial score (nSPS) is 16.8. The summed E-state index contributed by atoms with van der Waals surface area (Å²) < 4.78 is 0. The molecular weight excluding hydrogens is 230 g/mol. The highest BCUT2D eigenvalue weighted by Crippen LogP contribution is 2.17. The van der Waals surface area contributed by atoms with E-state index in [-0.39, 0.29) is 0 Å². The van der Waals surface area contributed by atoms with E-state index in [2.05, 4.69) is 27.9 Å².